The van der Waals surface area contributed by atoms with E-state index in [0.717, 1.165) is 29.4 Å². The van der Waals surface area contributed by atoms with Gasteiger partial charge in [-0.15, -0.1) is 0 Å². The lowest BCUT2D eigenvalue weighted by Crippen LogP contribution is -2.29. The summed E-state index contributed by atoms with van der Waals surface area (Å²) in [7, 11) is 0. The van der Waals surface area contributed by atoms with Gasteiger partial charge in [0.1, 0.15) is 18.5 Å². The Kier molecular flexibility index (Phi) is 11.0. The van der Waals surface area contributed by atoms with E-state index in [0.29, 0.717) is 18.8 Å². The first-order chi connectivity index (χ1) is 14.7. The Labute approximate surface area is 180 Å². The third-order valence-electron chi connectivity index (χ3n) is 4.48. The van der Waals surface area contributed by atoms with Crippen LogP contribution in [0.25, 0.3) is 11.0 Å². The first-order valence-electron chi connectivity index (χ1n) is 10.2. The van der Waals surface area contributed by atoms with Crippen molar-refractivity contribution in [2.75, 3.05) is 12.3 Å². The molecule has 6 N–H and O–H groups in total. The fraction of sp³-hybridized carbons (Fsp3) is 0.550. The van der Waals surface area contributed by atoms with Crippen molar-refractivity contribution in [2.45, 2.75) is 65.0 Å². The lowest BCUT2D eigenvalue weighted by atomic mass is 10.1. The van der Waals surface area contributed by atoms with Gasteiger partial charge < -0.3 is 31.0 Å². The highest BCUT2D eigenvalue weighted by molar-refractivity contribution is 5.87. The van der Waals surface area contributed by atoms with Gasteiger partial charge in [-0.25, -0.2) is 9.97 Å². The molecule has 1 fully saturated rings. The molecule has 0 aliphatic carbocycles. The number of aliphatic carboxylic acids is 2. The number of esters is 1. The molecule has 3 heterocycles. The molecule has 0 radical (unpaired) electrons. The molecule has 2 atom stereocenters. The minimum Gasteiger partial charge on any atom is -0.481 e. The molecule has 0 spiro atoms. The van der Waals surface area contributed by atoms with Gasteiger partial charge in [0.05, 0.1) is 5.52 Å². The molecule has 1 saturated heterocycles. The Hall–Kier alpha value is -3.21. The van der Waals surface area contributed by atoms with E-state index in [1.165, 1.54) is 6.33 Å². The lowest BCUT2D eigenvalue weighted by molar-refractivity contribution is -0.144. The van der Waals surface area contributed by atoms with Crippen molar-refractivity contribution in [1.29, 1.82) is 0 Å². The van der Waals surface area contributed by atoms with Crippen molar-refractivity contribution in [2.24, 2.45) is 0 Å². The van der Waals surface area contributed by atoms with E-state index in [9.17, 15) is 14.4 Å². The van der Waals surface area contributed by atoms with Gasteiger partial charge in [-0.2, -0.15) is 0 Å². The Morgan fingerprint density at radius 1 is 1.10 bits per heavy atom. The number of H-pyrrole nitrogens is 1. The third kappa shape index (κ3) is 8.59. The summed E-state index contributed by atoms with van der Waals surface area (Å²) in [5.74, 6) is -1.19. The number of anilines is 1. The number of fused-ring (bicyclic) bond motifs is 1. The molecular weight excluding hydrogens is 406 g/mol. The van der Waals surface area contributed by atoms with Crippen LogP contribution in [0.2, 0.25) is 0 Å². The highest BCUT2D eigenvalue weighted by Gasteiger charge is 2.28. The van der Waals surface area contributed by atoms with Crippen molar-refractivity contribution in [1.82, 2.24) is 20.3 Å². The number of nitrogen functional groups attached to an aromatic ring is 1. The maximum absolute atomic E-state index is 11.2. The molecular formula is C20H31N5O6. The number of carboxylic acids is 2. The Morgan fingerprint density at radius 3 is 2.26 bits per heavy atom. The number of aromatic amines is 1. The zero-order valence-electron chi connectivity index (χ0n) is 18.1. The molecule has 0 amide bonds. The number of carbonyl (C=O) groups is 3. The topological polar surface area (TPSA) is 181 Å². The highest BCUT2D eigenvalue weighted by Crippen LogP contribution is 2.31. The smallest absolute Gasteiger partial charge is 0.305 e. The van der Waals surface area contributed by atoms with Crippen molar-refractivity contribution in [3.05, 3.63) is 18.1 Å². The number of carboxylic acid groups (broad SMARTS) is 2. The molecule has 172 valence electrons. The number of nitrogens with one attached hydrogen (secondary N) is 2. The largest absolute Gasteiger partial charge is 0.481 e. The van der Waals surface area contributed by atoms with E-state index in [4.69, 9.17) is 20.7 Å². The van der Waals surface area contributed by atoms with Gasteiger partial charge >= 0.3 is 17.9 Å². The quantitative estimate of drug-likeness (QED) is 0.420. The number of rotatable bonds is 6. The van der Waals surface area contributed by atoms with Crippen LogP contribution in [0.3, 0.4) is 0 Å². The number of nitrogens with two attached hydrogens (primary N) is 1. The summed E-state index contributed by atoms with van der Waals surface area (Å²) in [6.07, 6.45) is 6.20. The van der Waals surface area contributed by atoms with Crippen LogP contribution in [0.4, 0.5) is 5.82 Å². The van der Waals surface area contributed by atoms with Gasteiger partial charge in [0.15, 0.2) is 5.82 Å². The van der Waals surface area contributed by atoms with Gasteiger partial charge in [-0.3, -0.25) is 14.4 Å². The second kappa shape index (κ2) is 13.2. The monoisotopic (exact) mass is 437 g/mol. The number of aromatic nitrogens is 3. The minimum absolute atomic E-state index is 0.159. The maximum atomic E-state index is 11.2. The van der Waals surface area contributed by atoms with Crippen LogP contribution in [-0.4, -0.2) is 55.7 Å². The Balaban J connectivity index is 0.000000404. The summed E-state index contributed by atoms with van der Waals surface area (Å²) in [5.41, 5.74) is 8.54. The van der Waals surface area contributed by atoms with Gasteiger partial charge in [-0.05, 0) is 12.8 Å². The predicted octanol–water partition coefficient (Wildman–Crippen LogP) is 2.25. The van der Waals surface area contributed by atoms with Crippen molar-refractivity contribution in [3.63, 3.8) is 0 Å². The molecule has 3 rings (SSSR count). The Morgan fingerprint density at radius 2 is 1.71 bits per heavy atom. The summed E-state index contributed by atoms with van der Waals surface area (Å²) >= 11 is 0. The maximum Gasteiger partial charge on any atom is 0.305 e. The highest BCUT2D eigenvalue weighted by atomic mass is 16.5. The number of hydrogen-bond donors (Lipinski definition) is 5. The van der Waals surface area contributed by atoms with Crippen LogP contribution >= 0.6 is 0 Å². The average Bonchev–Trinajstić information content (AvgIpc) is 3.40. The normalized spacial score (nSPS) is 17.1. The fourth-order valence-corrected chi connectivity index (χ4v) is 2.74. The van der Waals surface area contributed by atoms with Gasteiger partial charge in [0.25, 0.3) is 0 Å². The first-order valence-corrected chi connectivity index (χ1v) is 10.2. The molecule has 2 aromatic rings. The SMILES string of the molecule is CCC(=O)O.CCC(=O)O.CCC(=O)OCC1CCC(c2c[nH]c3c(N)ncnc23)N1. The predicted molar refractivity (Wildman–Crippen MR) is 114 cm³/mol. The molecule has 11 nitrogen and oxygen atoms in total. The van der Waals surface area contributed by atoms with Crippen molar-refractivity contribution < 1.29 is 29.3 Å². The summed E-state index contributed by atoms with van der Waals surface area (Å²) in [5, 5.41) is 18.9. The van der Waals surface area contributed by atoms with Crippen LogP contribution in [0.5, 0.6) is 0 Å². The molecule has 31 heavy (non-hydrogen) atoms. The Bertz CT molecular complexity index is 855. The third-order valence-corrected chi connectivity index (χ3v) is 4.48. The van der Waals surface area contributed by atoms with Crippen LogP contribution in [0, 0.1) is 0 Å². The van der Waals surface area contributed by atoms with Crippen LogP contribution < -0.4 is 11.1 Å². The summed E-state index contributed by atoms with van der Waals surface area (Å²) in [4.78, 5) is 41.4. The van der Waals surface area contributed by atoms with E-state index < -0.39 is 11.9 Å². The summed E-state index contributed by atoms with van der Waals surface area (Å²) < 4.78 is 5.19. The lowest BCUT2D eigenvalue weighted by Gasteiger charge is -2.14. The molecule has 0 aromatic carbocycles. The molecule has 11 heteroatoms. The van der Waals surface area contributed by atoms with Crippen LogP contribution in [0.1, 0.15) is 64.5 Å². The van der Waals surface area contributed by atoms with Crippen LogP contribution in [0.15, 0.2) is 12.5 Å². The number of ether oxygens (including phenoxy) is 1. The second-order valence-electron chi connectivity index (χ2n) is 6.75. The molecule has 0 saturated carbocycles. The number of hydrogen-bond acceptors (Lipinski definition) is 8. The zero-order chi connectivity index (χ0) is 23.4. The van der Waals surface area contributed by atoms with E-state index in [2.05, 4.69) is 20.3 Å². The second-order valence-corrected chi connectivity index (χ2v) is 6.75. The molecule has 1 aliphatic rings. The van der Waals surface area contributed by atoms with Gasteiger partial charge in [-0.1, -0.05) is 20.8 Å². The zero-order valence-corrected chi connectivity index (χ0v) is 18.1. The fourth-order valence-electron chi connectivity index (χ4n) is 2.74. The van der Waals surface area contributed by atoms with E-state index in [-0.39, 0.29) is 30.9 Å². The standard InChI is InChI=1S/C14H19N5O2.2C3H6O2/c1-2-11(20)21-6-8-3-4-10(19-8)9-5-16-13-12(9)17-7-18-14(13)15;2*1-2-3(4)5/h5,7-8,10,16,19H,2-4,6H2,1H3,(H2,15,17,18);2*2H2,1H3,(H,4,5). The number of carbonyl (C=O) groups excluding carboxylic acids is 1. The van der Waals surface area contributed by atoms with Gasteiger partial charge in [0, 0.05) is 43.1 Å². The molecule has 2 unspecified atom stereocenters. The van der Waals surface area contributed by atoms with E-state index in [1.807, 2.05) is 6.20 Å². The van der Waals surface area contributed by atoms with E-state index in [1.54, 1.807) is 20.8 Å². The van der Waals surface area contributed by atoms with Crippen molar-refractivity contribution >= 4 is 34.8 Å². The molecule has 1 aliphatic heterocycles. The molecule has 0 bridgehead atoms. The summed E-state index contributed by atoms with van der Waals surface area (Å²) in [6.45, 7) is 5.41. The summed E-state index contributed by atoms with van der Waals surface area (Å²) in [6, 6.07) is 0.382. The average molecular weight is 437 g/mol. The van der Waals surface area contributed by atoms with Crippen LogP contribution in [-0.2, 0) is 19.1 Å². The first kappa shape index (κ1) is 25.8. The minimum atomic E-state index is -0.745. The van der Waals surface area contributed by atoms with E-state index >= 15 is 0 Å². The number of nitrogens with zero attached hydrogens (tertiary/aromatic N) is 2. The van der Waals surface area contributed by atoms with Crippen molar-refractivity contribution in [3.8, 4) is 0 Å². The van der Waals surface area contributed by atoms with Gasteiger partial charge in [0.2, 0.25) is 0 Å². The molecule has 2 aromatic heterocycles.